The number of likely N-dealkylation sites (tertiary alicyclic amines) is 1. The first kappa shape index (κ1) is 18.7. The molecule has 0 aromatic rings. The number of hydrogen-bond donors (Lipinski definition) is 1. The second-order valence-electron chi connectivity index (χ2n) is 6.67. The van der Waals surface area contributed by atoms with Crippen LogP contribution in [-0.4, -0.2) is 79.0 Å². The lowest BCUT2D eigenvalue weighted by Gasteiger charge is -2.42. The van der Waals surface area contributed by atoms with Gasteiger partial charge in [0.15, 0.2) is 0 Å². The lowest BCUT2D eigenvalue weighted by molar-refractivity contribution is -0.135. The summed E-state index contributed by atoms with van der Waals surface area (Å²) in [6.07, 6.45) is 2.52. The molecule has 6 heteroatoms. The number of nitrogens with zero attached hydrogens (tertiary/aromatic N) is 3. The average Bonchev–Trinajstić information content (AvgIpc) is 2.46. The number of carbonyl (C=O) groups excluding carboxylic acids is 1. The highest BCUT2D eigenvalue weighted by Gasteiger charge is 2.30. The summed E-state index contributed by atoms with van der Waals surface area (Å²) in [4.78, 5) is 19.2. The standard InChI is InChI=1S/C15H30N4O.ClH/c1-12(2)14(16)15(20)19-10-8-18(9-11-19)13-4-6-17(3)7-5-13;/h12-14H,4-11,16H2,1-3H3;1H/t14-;/m0./s1. The second kappa shape index (κ2) is 8.32. The molecule has 2 fully saturated rings. The van der Waals surface area contributed by atoms with Crippen LogP contribution < -0.4 is 5.73 Å². The number of nitrogens with two attached hydrogens (primary N) is 1. The Morgan fingerprint density at radius 3 is 2.05 bits per heavy atom. The van der Waals surface area contributed by atoms with Gasteiger partial charge in [-0.2, -0.15) is 0 Å². The first-order valence-electron chi connectivity index (χ1n) is 7.96. The lowest BCUT2D eigenvalue weighted by atomic mass is 10.0. The maximum Gasteiger partial charge on any atom is 0.239 e. The van der Waals surface area contributed by atoms with Gasteiger partial charge in [-0.05, 0) is 38.9 Å². The summed E-state index contributed by atoms with van der Waals surface area (Å²) in [5.41, 5.74) is 5.97. The average molecular weight is 319 g/mol. The van der Waals surface area contributed by atoms with E-state index < -0.39 is 0 Å². The minimum atomic E-state index is -0.343. The van der Waals surface area contributed by atoms with Gasteiger partial charge >= 0.3 is 0 Å². The number of carbonyl (C=O) groups is 1. The van der Waals surface area contributed by atoms with Gasteiger partial charge in [-0.3, -0.25) is 9.69 Å². The van der Waals surface area contributed by atoms with Crippen molar-refractivity contribution in [1.82, 2.24) is 14.7 Å². The quantitative estimate of drug-likeness (QED) is 0.829. The third kappa shape index (κ3) is 4.81. The van der Waals surface area contributed by atoms with Gasteiger partial charge in [-0.1, -0.05) is 13.8 Å². The highest BCUT2D eigenvalue weighted by Crippen LogP contribution is 2.18. The molecule has 1 amide bonds. The number of rotatable bonds is 3. The van der Waals surface area contributed by atoms with Crippen LogP contribution in [0.25, 0.3) is 0 Å². The number of piperazine rings is 1. The van der Waals surface area contributed by atoms with Crippen LogP contribution >= 0.6 is 12.4 Å². The van der Waals surface area contributed by atoms with E-state index in [1.807, 2.05) is 18.7 Å². The molecular formula is C15H31ClN4O. The predicted octanol–water partition coefficient (Wildman–Crippen LogP) is 0.630. The zero-order valence-electron chi connectivity index (χ0n) is 13.6. The van der Waals surface area contributed by atoms with Crippen molar-refractivity contribution in [2.45, 2.75) is 38.8 Å². The third-order valence-corrected chi connectivity index (χ3v) is 4.83. The van der Waals surface area contributed by atoms with Crippen molar-refractivity contribution >= 4 is 18.3 Å². The SMILES string of the molecule is CC(C)[C@H](N)C(=O)N1CCN(C2CCN(C)CC2)CC1.Cl. The Balaban J connectivity index is 0.00000220. The Kier molecular flexibility index (Phi) is 7.40. The van der Waals surface area contributed by atoms with Crippen molar-refractivity contribution in [1.29, 1.82) is 0 Å². The van der Waals surface area contributed by atoms with E-state index >= 15 is 0 Å². The number of halogens is 1. The van der Waals surface area contributed by atoms with Gasteiger partial charge in [0.2, 0.25) is 5.91 Å². The molecule has 2 aliphatic rings. The fourth-order valence-corrected chi connectivity index (χ4v) is 3.16. The van der Waals surface area contributed by atoms with E-state index in [-0.39, 0.29) is 30.3 Å². The van der Waals surface area contributed by atoms with Crippen molar-refractivity contribution in [3.05, 3.63) is 0 Å². The summed E-state index contributed by atoms with van der Waals surface area (Å²) in [5, 5.41) is 0. The largest absolute Gasteiger partial charge is 0.339 e. The van der Waals surface area contributed by atoms with Crippen LogP contribution in [0, 0.1) is 5.92 Å². The molecule has 0 aromatic heterocycles. The molecule has 0 radical (unpaired) electrons. The summed E-state index contributed by atoms with van der Waals surface area (Å²) < 4.78 is 0. The van der Waals surface area contributed by atoms with E-state index in [9.17, 15) is 4.79 Å². The van der Waals surface area contributed by atoms with Crippen molar-refractivity contribution in [2.24, 2.45) is 11.7 Å². The van der Waals surface area contributed by atoms with Crippen LogP contribution in [0.15, 0.2) is 0 Å². The van der Waals surface area contributed by atoms with Crippen molar-refractivity contribution < 1.29 is 4.79 Å². The summed E-state index contributed by atoms with van der Waals surface area (Å²) in [5.74, 6) is 0.345. The van der Waals surface area contributed by atoms with Gasteiger partial charge in [0.25, 0.3) is 0 Å². The predicted molar refractivity (Wildman–Crippen MR) is 88.7 cm³/mol. The van der Waals surface area contributed by atoms with E-state index in [0.29, 0.717) is 6.04 Å². The molecule has 124 valence electrons. The highest BCUT2D eigenvalue weighted by molar-refractivity contribution is 5.85. The van der Waals surface area contributed by atoms with Gasteiger partial charge < -0.3 is 15.5 Å². The van der Waals surface area contributed by atoms with Crippen molar-refractivity contribution in [3.63, 3.8) is 0 Å². The van der Waals surface area contributed by atoms with Gasteiger partial charge in [-0.25, -0.2) is 0 Å². The van der Waals surface area contributed by atoms with E-state index in [1.54, 1.807) is 0 Å². The smallest absolute Gasteiger partial charge is 0.239 e. The van der Waals surface area contributed by atoms with E-state index in [4.69, 9.17) is 5.73 Å². The summed E-state index contributed by atoms with van der Waals surface area (Å²) in [6, 6.07) is 0.368. The molecule has 0 aromatic carbocycles. The van der Waals surface area contributed by atoms with Crippen LogP contribution in [0.5, 0.6) is 0 Å². The van der Waals surface area contributed by atoms with Crippen molar-refractivity contribution in [2.75, 3.05) is 46.3 Å². The van der Waals surface area contributed by atoms with Crippen LogP contribution in [0.4, 0.5) is 0 Å². The second-order valence-corrected chi connectivity index (χ2v) is 6.67. The summed E-state index contributed by atoms with van der Waals surface area (Å²) in [7, 11) is 2.19. The van der Waals surface area contributed by atoms with Crippen LogP contribution in [0.2, 0.25) is 0 Å². The van der Waals surface area contributed by atoms with Gasteiger partial charge in [0.05, 0.1) is 6.04 Å². The van der Waals surface area contributed by atoms with Crippen molar-refractivity contribution in [3.8, 4) is 0 Å². The molecular weight excluding hydrogens is 288 g/mol. The van der Waals surface area contributed by atoms with Gasteiger partial charge in [-0.15, -0.1) is 12.4 Å². The molecule has 2 heterocycles. The molecule has 2 rings (SSSR count). The number of hydrogen-bond acceptors (Lipinski definition) is 4. The Morgan fingerprint density at radius 2 is 1.57 bits per heavy atom. The molecule has 2 aliphatic heterocycles. The molecule has 0 aliphatic carbocycles. The third-order valence-electron chi connectivity index (χ3n) is 4.83. The Labute approximate surface area is 135 Å². The number of amides is 1. The zero-order chi connectivity index (χ0) is 14.7. The maximum absolute atomic E-state index is 12.2. The Hall–Kier alpha value is -0.360. The van der Waals surface area contributed by atoms with Gasteiger partial charge in [0.1, 0.15) is 0 Å². The summed E-state index contributed by atoms with van der Waals surface area (Å²) in [6.45, 7) is 10.1. The molecule has 5 nitrogen and oxygen atoms in total. The molecule has 0 saturated carbocycles. The van der Waals surface area contributed by atoms with E-state index in [1.165, 1.54) is 25.9 Å². The Morgan fingerprint density at radius 1 is 1.05 bits per heavy atom. The first-order chi connectivity index (χ1) is 9.49. The van der Waals surface area contributed by atoms with E-state index in [2.05, 4.69) is 16.8 Å². The number of piperidine rings is 1. The van der Waals surface area contributed by atoms with E-state index in [0.717, 1.165) is 26.2 Å². The first-order valence-corrected chi connectivity index (χ1v) is 7.96. The summed E-state index contributed by atoms with van der Waals surface area (Å²) >= 11 is 0. The van der Waals surface area contributed by atoms with Crippen LogP contribution in [-0.2, 0) is 4.79 Å². The minimum absolute atomic E-state index is 0. The lowest BCUT2D eigenvalue weighted by Crippen LogP contribution is -2.57. The molecule has 0 spiro atoms. The zero-order valence-corrected chi connectivity index (χ0v) is 14.4. The minimum Gasteiger partial charge on any atom is -0.339 e. The maximum atomic E-state index is 12.2. The molecule has 21 heavy (non-hydrogen) atoms. The fraction of sp³-hybridized carbons (Fsp3) is 0.933. The van der Waals surface area contributed by atoms with Crippen LogP contribution in [0.3, 0.4) is 0 Å². The topological polar surface area (TPSA) is 52.8 Å². The molecule has 2 N–H and O–H groups in total. The van der Waals surface area contributed by atoms with Gasteiger partial charge in [0, 0.05) is 32.2 Å². The monoisotopic (exact) mass is 318 g/mol. The van der Waals surface area contributed by atoms with Crippen LogP contribution in [0.1, 0.15) is 26.7 Å². The molecule has 0 bridgehead atoms. The molecule has 2 saturated heterocycles. The molecule has 0 unspecified atom stereocenters. The normalized spacial score (nSPS) is 24.0. The highest BCUT2D eigenvalue weighted by atomic mass is 35.5. The molecule has 1 atom stereocenters. The fourth-order valence-electron chi connectivity index (χ4n) is 3.16. The Bertz CT molecular complexity index is 324.